The second-order valence-corrected chi connectivity index (χ2v) is 6.74. The lowest BCUT2D eigenvalue weighted by molar-refractivity contribution is -0.386. The van der Waals surface area contributed by atoms with Gasteiger partial charge in [0, 0.05) is 12.6 Å². The second kappa shape index (κ2) is 7.39. The van der Waals surface area contributed by atoms with Crippen molar-refractivity contribution in [2.45, 2.75) is 20.4 Å². The molecule has 0 bridgehead atoms. The predicted molar refractivity (Wildman–Crippen MR) is 107 cm³/mol. The minimum Gasteiger partial charge on any atom is -0.496 e. The molecule has 1 N–H and O–H groups in total. The summed E-state index contributed by atoms with van der Waals surface area (Å²) in [6.07, 6.45) is 1.70. The summed E-state index contributed by atoms with van der Waals surface area (Å²) < 4.78 is 6.99. The summed E-state index contributed by atoms with van der Waals surface area (Å²) in [7, 11) is 3.16. The van der Waals surface area contributed by atoms with E-state index in [0.29, 0.717) is 34.5 Å². The molecular formula is C18H19N5O4S. The quantitative estimate of drug-likeness (QED) is 0.354. The molecule has 0 radical (unpaired) electrons. The van der Waals surface area contributed by atoms with E-state index in [4.69, 9.17) is 17.0 Å². The van der Waals surface area contributed by atoms with E-state index < -0.39 is 4.92 Å². The molecule has 3 rings (SSSR count). The maximum atomic E-state index is 12.2. The molecule has 9 nitrogen and oxygen atoms in total. The van der Waals surface area contributed by atoms with Gasteiger partial charge in [0.2, 0.25) is 0 Å². The van der Waals surface area contributed by atoms with Crippen molar-refractivity contribution in [3.63, 3.8) is 0 Å². The predicted octanol–water partition coefficient (Wildman–Crippen LogP) is 2.15. The Balaban J connectivity index is 1.97. The van der Waals surface area contributed by atoms with E-state index in [0.717, 1.165) is 11.1 Å². The van der Waals surface area contributed by atoms with Crippen LogP contribution in [0, 0.1) is 24.0 Å². The molecule has 0 spiro atoms. The number of aromatic nitrogens is 2. The Hall–Kier alpha value is -3.27. The van der Waals surface area contributed by atoms with Gasteiger partial charge in [-0.3, -0.25) is 24.5 Å². The average molecular weight is 401 g/mol. The Bertz CT molecular complexity index is 1030. The molecule has 146 valence electrons. The first-order valence-electron chi connectivity index (χ1n) is 8.39. The molecule has 0 unspecified atom stereocenters. The summed E-state index contributed by atoms with van der Waals surface area (Å²) >= 11 is 5.08. The van der Waals surface area contributed by atoms with Gasteiger partial charge in [0.05, 0.1) is 18.6 Å². The highest BCUT2D eigenvalue weighted by atomic mass is 32.1. The minimum atomic E-state index is -0.428. The van der Waals surface area contributed by atoms with Gasteiger partial charge in [-0.2, -0.15) is 5.10 Å². The number of rotatable bonds is 5. The summed E-state index contributed by atoms with van der Waals surface area (Å²) in [5, 5.41) is 18.7. The molecule has 2 heterocycles. The average Bonchev–Trinajstić information content (AvgIpc) is 3.05. The third kappa shape index (κ3) is 3.46. The van der Waals surface area contributed by atoms with E-state index in [1.807, 2.05) is 12.1 Å². The number of carbonyl (C=O) groups excluding carboxylic acids is 1. The molecule has 10 heteroatoms. The van der Waals surface area contributed by atoms with Crippen molar-refractivity contribution in [2.24, 2.45) is 0 Å². The van der Waals surface area contributed by atoms with Gasteiger partial charge in [0.25, 0.3) is 5.91 Å². The smallest absolute Gasteiger partial charge is 0.312 e. The molecule has 1 saturated heterocycles. The first kappa shape index (κ1) is 19.5. The number of benzene rings is 1. The normalized spacial score (nSPS) is 15.3. The number of nitrogens with zero attached hydrogens (tertiary/aromatic N) is 4. The SMILES string of the molecule is COc1ccc(/C=C2/NC(=S)N(C)C2=O)cc1Cn1nc(C)c([N+](=O)[O-])c1C. The number of hydrogen-bond donors (Lipinski definition) is 1. The van der Waals surface area contributed by atoms with Crippen LogP contribution in [0.2, 0.25) is 0 Å². The zero-order chi connectivity index (χ0) is 20.6. The molecule has 1 aromatic heterocycles. The highest BCUT2D eigenvalue weighted by Crippen LogP contribution is 2.26. The number of likely N-dealkylation sites (N-methyl/N-ethyl adjacent to an activating group) is 1. The zero-order valence-electron chi connectivity index (χ0n) is 15.8. The lowest BCUT2D eigenvalue weighted by Gasteiger charge is -2.11. The molecule has 0 atom stereocenters. The van der Waals surface area contributed by atoms with Crippen LogP contribution in [0.4, 0.5) is 5.69 Å². The van der Waals surface area contributed by atoms with E-state index in [1.165, 1.54) is 4.90 Å². The third-order valence-electron chi connectivity index (χ3n) is 4.54. The molecule has 1 amide bonds. The lowest BCUT2D eigenvalue weighted by Crippen LogP contribution is -2.25. The monoisotopic (exact) mass is 401 g/mol. The van der Waals surface area contributed by atoms with Crippen molar-refractivity contribution in [3.8, 4) is 5.75 Å². The standard InChI is InChI=1S/C18H19N5O4S/c1-10-16(23(25)26)11(2)22(20-10)9-13-7-12(5-6-15(13)27-4)8-14-17(24)21(3)18(28)19-14/h5-8H,9H2,1-4H3,(H,19,28)/b14-8+. The van der Waals surface area contributed by atoms with Crippen molar-refractivity contribution in [3.05, 3.63) is 56.5 Å². The number of ether oxygens (including phenoxy) is 1. The van der Waals surface area contributed by atoms with E-state index in [9.17, 15) is 14.9 Å². The first-order valence-corrected chi connectivity index (χ1v) is 8.79. The molecule has 2 aromatic rings. The second-order valence-electron chi connectivity index (χ2n) is 6.36. The van der Waals surface area contributed by atoms with Crippen LogP contribution in [-0.2, 0) is 11.3 Å². The molecule has 28 heavy (non-hydrogen) atoms. The van der Waals surface area contributed by atoms with Crippen molar-refractivity contribution in [1.82, 2.24) is 20.0 Å². The maximum Gasteiger partial charge on any atom is 0.312 e. The number of aryl methyl sites for hydroxylation is 1. The van der Waals surface area contributed by atoms with E-state index in [2.05, 4.69) is 10.4 Å². The van der Waals surface area contributed by atoms with Crippen LogP contribution in [-0.4, -0.2) is 44.8 Å². The number of nitrogens with one attached hydrogen (secondary N) is 1. The third-order valence-corrected chi connectivity index (χ3v) is 4.92. The summed E-state index contributed by atoms with van der Waals surface area (Å²) in [6.45, 7) is 3.56. The number of hydrogen-bond acceptors (Lipinski definition) is 6. The zero-order valence-corrected chi connectivity index (χ0v) is 16.7. The van der Waals surface area contributed by atoms with Gasteiger partial charge in [0.1, 0.15) is 22.8 Å². The number of carbonyl (C=O) groups is 1. The summed E-state index contributed by atoms with van der Waals surface area (Å²) in [4.78, 5) is 24.3. The topological polar surface area (TPSA) is 103 Å². The van der Waals surface area contributed by atoms with Crippen LogP contribution in [0.25, 0.3) is 6.08 Å². The largest absolute Gasteiger partial charge is 0.496 e. The van der Waals surface area contributed by atoms with Crippen LogP contribution in [0.5, 0.6) is 5.75 Å². The van der Waals surface area contributed by atoms with Crippen LogP contribution in [0.15, 0.2) is 23.9 Å². The van der Waals surface area contributed by atoms with E-state index >= 15 is 0 Å². The lowest BCUT2D eigenvalue weighted by atomic mass is 10.1. The van der Waals surface area contributed by atoms with Gasteiger partial charge in [-0.1, -0.05) is 6.07 Å². The summed E-state index contributed by atoms with van der Waals surface area (Å²) in [6, 6.07) is 5.45. The highest BCUT2D eigenvalue weighted by molar-refractivity contribution is 7.80. The number of thiocarbonyl (C=S) groups is 1. The van der Waals surface area contributed by atoms with Crippen LogP contribution < -0.4 is 10.1 Å². The van der Waals surface area contributed by atoms with Crippen molar-refractivity contribution >= 4 is 35.0 Å². The molecule has 1 aliphatic rings. The summed E-state index contributed by atoms with van der Waals surface area (Å²) in [5.41, 5.74) is 2.75. The molecule has 0 aliphatic carbocycles. The molecule has 1 fully saturated rings. The van der Waals surface area contributed by atoms with E-state index in [1.54, 1.807) is 44.8 Å². The Morgan fingerprint density at radius 2 is 2.11 bits per heavy atom. The number of nitro groups is 1. The van der Waals surface area contributed by atoms with Gasteiger partial charge in [-0.25, -0.2) is 0 Å². The Labute approximate surface area is 166 Å². The Kier molecular flexibility index (Phi) is 5.14. The summed E-state index contributed by atoms with van der Waals surface area (Å²) in [5.74, 6) is 0.409. The fraction of sp³-hybridized carbons (Fsp3) is 0.278. The highest BCUT2D eigenvalue weighted by Gasteiger charge is 2.27. The van der Waals surface area contributed by atoms with Crippen LogP contribution >= 0.6 is 12.2 Å². The van der Waals surface area contributed by atoms with Crippen LogP contribution in [0.3, 0.4) is 0 Å². The Morgan fingerprint density at radius 3 is 2.64 bits per heavy atom. The minimum absolute atomic E-state index is 0.00883. The molecule has 1 aliphatic heterocycles. The number of methoxy groups -OCH3 is 1. The number of amides is 1. The fourth-order valence-corrected chi connectivity index (χ4v) is 3.26. The fourth-order valence-electron chi connectivity index (χ4n) is 3.07. The van der Waals surface area contributed by atoms with Crippen molar-refractivity contribution < 1.29 is 14.5 Å². The van der Waals surface area contributed by atoms with Gasteiger partial charge in [-0.05, 0) is 49.8 Å². The van der Waals surface area contributed by atoms with Crippen molar-refractivity contribution in [2.75, 3.05) is 14.2 Å². The van der Waals surface area contributed by atoms with Crippen molar-refractivity contribution in [1.29, 1.82) is 0 Å². The maximum absolute atomic E-state index is 12.2. The Morgan fingerprint density at radius 1 is 1.39 bits per heavy atom. The van der Waals surface area contributed by atoms with Gasteiger partial charge < -0.3 is 10.1 Å². The molecule has 1 aromatic carbocycles. The molecule has 0 saturated carbocycles. The van der Waals surface area contributed by atoms with Gasteiger partial charge in [-0.15, -0.1) is 0 Å². The molecular weight excluding hydrogens is 382 g/mol. The van der Waals surface area contributed by atoms with Gasteiger partial charge in [0.15, 0.2) is 5.11 Å². The van der Waals surface area contributed by atoms with E-state index in [-0.39, 0.29) is 11.6 Å². The van der Waals surface area contributed by atoms with Gasteiger partial charge >= 0.3 is 5.69 Å². The van der Waals surface area contributed by atoms with Crippen LogP contribution in [0.1, 0.15) is 22.5 Å². The first-order chi connectivity index (χ1) is 13.2.